The fraction of sp³-hybridized carbons (Fsp3) is 0.263. The van der Waals surface area contributed by atoms with Gasteiger partial charge in [0.25, 0.3) is 0 Å². The summed E-state index contributed by atoms with van der Waals surface area (Å²) in [7, 11) is 0. The lowest BCUT2D eigenvalue weighted by atomic mass is 9.97. The van der Waals surface area contributed by atoms with Gasteiger partial charge in [-0.15, -0.1) is 0 Å². The zero-order valence-corrected chi connectivity index (χ0v) is 13.0. The average Bonchev–Trinajstić information content (AvgIpc) is 2.81. The highest BCUT2D eigenvalue weighted by molar-refractivity contribution is 6.09. The quantitative estimate of drug-likeness (QED) is 0.706. The molecule has 1 aliphatic rings. The lowest BCUT2D eigenvalue weighted by molar-refractivity contribution is -0.705. The number of quaternary nitrogens is 1. The monoisotopic (exact) mass is 310 g/mol. The first-order chi connectivity index (χ1) is 11.2. The van der Waals surface area contributed by atoms with E-state index in [0.29, 0.717) is 18.0 Å². The summed E-state index contributed by atoms with van der Waals surface area (Å²) in [6, 6.07) is 17.5. The standard InChI is InChI=1S/C19H20N2O2/c22-18-9-5-4-8-16(18)19(23)13-15-12-17(21-11-10-20-15)14-6-2-1-3-7-14/h1-9,17,21-22H,10-13H2/p+2/t17-/m0/s1. The van der Waals surface area contributed by atoms with E-state index >= 15 is 0 Å². The number of nitrogens with two attached hydrogens (primary N) is 1. The summed E-state index contributed by atoms with van der Waals surface area (Å²) in [6.07, 6.45) is 1.15. The number of ketones is 1. The van der Waals surface area contributed by atoms with Crippen molar-refractivity contribution in [3.05, 3.63) is 65.7 Å². The first kappa shape index (κ1) is 15.4. The van der Waals surface area contributed by atoms with Crippen LogP contribution in [0.1, 0.15) is 34.8 Å². The maximum absolute atomic E-state index is 12.5. The maximum Gasteiger partial charge on any atom is 0.189 e. The Bertz CT molecular complexity index is 710. The van der Waals surface area contributed by atoms with Crippen LogP contribution in [0.25, 0.3) is 0 Å². The minimum absolute atomic E-state index is 0.0423. The summed E-state index contributed by atoms with van der Waals surface area (Å²) in [4.78, 5) is 15.8. The van der Waals surface area contributed by atoms with Crippen molar-refractivity contribution in [1.82, 2.24) is 0 Å². The number of phenolic OH excluding ortho intramolecular Hbond substituents is 1. The van der Waals surface area contributed by atoms with Crippen molar-refractivity contribution in [2.75, 3.05) is 13.1 Å². The second-order valence-corrected chi connectivity index (χ2v) is 5.89. The summed E-state index contributed by atoms with van der Waals surface area (Å²) in [5.41, 5.74) is 2.72. The van der Waals surface area contributed by atoms with Crippen LogP contribution in [0.15, 0.2) is 54.6 Å². The summed E-state index contributed by atoms with van der Waals surface area (Å²) in [6.45, 7) is 1.83. The molecule has 0 saturated carbocycles. The second kappa shape index (κ2) is 7.20. The Hall–Kier alpha value is -2.46. The van der Waals surface area contributed by atoms with Gasteiger partial charge in [0.05, 0.1) is 18.4 Å². The largest absolute Gasteiger partial charge is 0.507 e. The van der Waals surface area contributed by atoms with Gasteiger partial charge < -0.3 is 10.4 Å². The molecular weight excluding hydrogens is 288 g/mol. The molecule has 0 aromatic heterocycles. The van der Waals surface area contributed by atoms with Gasteiger partial charge in [0.1, 0.15) is 18.3 Å². The van der Waals surface area contributed by atoms with Crippen LogP contribution >= 0.6 is 0 Å². The van der Waals surface area contributed by atoms with Crippen molar-refractivity contribution in [3.8, 4) is 5.75 Å². The number of hydrogen-bond acceptors (Lipinski definition) is 2. The molecule has 2 aromatic carbocycles. The Morgan fingerprint density at radius 1 is 1.13 bits per heavy atom. The number of aromatic hydroxyl groups is 1. The van der Waals surface area contributed by atoms with Gasteiger partial charge in [-0.2, -0.15) is 0 Å². The molecule has 4 heteroatoms. The first-order valence-corrected chi connectivity index (χ1v) is 8.02. The van der Waals surface area contributed by atoms with Gasteiger partial charge in [-0.05, 0) is 12.1 Å². The van der Waals surface area contributed by atoms with Crippen LogP contribution in [-0.2, 0) is 0 Å². The molecule has 118 valence electrons. The Morgan fingerprint density at radius 3 is 2.65 bits per heavy atom. The molecule has 0 radical (unpaired) electrons. The SMILES string of the molecule is O=C(CC1=[NH+]CC[NH2+][C@H](c2ccccc2)C1)c1ccccc1O. The van der Waals surface area contributed by atoms with E-state index < -0.39 is 0 Å². The van der Waals surface area contributed by atoms with Crippen molar-refractivity contribution >= 4 is 11.5 Å². The van der Waals surface area contributed by atoms with E-state index in [0.717, 1.165) is 25.2 Å². The Morgan fingerprint density at radius 2 is 1.87 bits per heavy atom. The van der Waals surface area contributed by atoms with Crippen LogP contribution in [0.3, 0.4) is 0 Å². The minimum Gasteiger partial charge on any atom is -0.507 e. The van der Waals surface area contributed by atoms with Crippen LogP contribution in [0.2, 0.25) is 0 Å². The maximum atomic E-state index is 12.5. The first-order valence-electron chi connectivity index (χ1n) is 8.02. The van der Waals surface area contributed by atoms with Crippen molar-refractivity contribution in [2.24, 2.45) is 0 Å². The number of carbonyl (C=O) groups is 1. The topological polar surface area (TPSA) is 67.9 Å². The Kier molecular flexibility index (Phi) is 4.83. The molecule has 4 N–H and O–H groups in total. The molecule has 0 unspecified atom stereocenters. The molecule has 4 nitrogen and oxygen atoms in total. The molecular formula is C19H22N2O2+2. The zero-order valence-electron chi connectivity index (χ0n) is 13.0. The third-order valence-electron chi connectivity index (χ3n) is 4.24. The molecule has 0 amide bonds. The van der Waals surface area contributed by atoms with Crippen molar-refractivity contribution in [2.45, 2.75) is 18.9 Å². The van der Waals surface area contributed by atoms with Crippen molar-refractivity contribution < 1.29 is 20.2 Å². The molecule has 0 spiro atoms. The Labute approximate surface area is 135 Å². The number of rotatable bonds is 4. The van der Waals surface area contributed by atoms with Gasteiger partial charge in [0.15, 0.2) is 18.0 Å². The fourth-order valence-electron chi connectivity index (χ4n) is 3.04. The van der Waals surface area contributed by atoms with E-state index in [-0.39, 0.29) is 11.5 Å². The number of carbonyl (C=O) groups excluding carboxylic acids is 1. The molecule has 0 aliphatic carbocycles. The summed E-state index contributed by atoms with van der Waals surface area (Å²) < 4.78 is 0. The van der Waals surface area contributed by atoms with Crippen LogP contribution in [0, 0.1) is 0 Å². The molecule has 0 bridgehead atoms. The van der Waals surface area contributed by atoms with E-state index in [9.17, 15) is 9.90 Å². The number of para-hydroxylation sites is 1. The number of benzene rings is 2. The van der Waals surface area contributed by atoms with Gasteiger partial charge in [-0.3, -0.25) is 4.79 Å². The van der Waals surface area contributed by atoms with Crippen molar-refractivity contribution in [1.29, 1.82) is 0 Å². The number of phenols is 1. The molecule has 23 heavy (non-hydrogen) atoms. The highest BCUT2D eigenvalue weighted by Crippen LogP contribution is 2.19. The summed E-state index contributed by atoms with van der Waals surface area (Å²) in [5.74, 6) is 0.0113. The Balaban J connectivity index is 1.73. The predicted molar refractivity (Wildman–Crippen MR) is 88.5 cm³/mol. The van der Waals surface area contributed by atoms with E-state index in [1.54, 1.807) is 24.3 Å². The van der Waals surface area contributed by atoms with Crippen LogP contribution in [0.4, 0.5) is 0 Å². The van der Waals surface area contributed by atoms with Crippen molar-refractivity contribution in [3.63, 3.8) is 0 Å². The van der Waals surface area contributed by atoms with E-state index in [2.05, 4.69) is 22.4 Å². The normalized spacial score (nSPS) is 18.1. The number of hydrogen-bond donors (Lipinski definition) is 3. The van der Waals surface area contributed by atoms with Gasteiger partial charge >= 0.3 is 0 Å². The van der Waals surface area contributed by atoms with Gasteiger partial charge in [-0.25, -0.2) is 4.99 Å². The lowest BCUT2D eigenvalue weighted by Crippen LogP contribution is -2.88. The average molecular weight is 310 g/mol. The molecule has 1 atom stereocenters. The second-order valence-electron chi connectivity index (χ2n) is 5.89. The third kappa shape index (κ3) is 3.85. The van der Waals surface area contributed by atoms with E-state index in [1.165, 1.54) is 5.56 Å². The van der Waals surface area contributed by atoms with Gasteiger partial charge in [0.2, 0.25) is 0 Å². The highest BCUT2D eigenvalue weighted by Gasteiger charge is 2.26. The zero-order chi connectivity index (χ0) is 16.1. The molecule has 0 fully saturated rings. The van der Waals surface area contributed by atoms with Crippen LogP contribution in [-0.4, -0.2) is 29.7 Å². The molecule has 3 rings (SSSR count). The molecule has 1 aliphatic heterocycles. The van der Waals surface area contributed by atoms with E-state index in [4.69, 9.17) is 0 Å². The van der Waals surface area contributed by atoms with E-state index in [1.807, 2.05) is 18.2 Å². The lowest BCUT2D eigenvalue weighted by Gasteiger charge is -2.12. The molecule has 0 saturated heterocycles. The summed E-state index contributed by atoms with van der Waals surface area (Å²) in [5, 5.41) is 12.2. The predicted octanol–water partition coefficient (Wildman–Crippen LogP) is 0.195. The van der Waals surface area contributed by atoms with Gasteiger partial charge in [0, 0.05) is 5.56 Å². The highest BCUT2D eigenvalue weighted by atomic mass is 16.3. The number of nitrogens with one attached hydrogen (secondary N) is 1. The summed E-state index contributed by atoms with van der Waals surface area (Å²) >= 11 is 0. The molecule has 1 heterocycles. The number of Topliss-reactive ketones (excluding diaryl/α,β-unsaturated/α-hetero) is 1. The van der Waals surface area contributed by atoms with Crippen LogP contribution < -0.4 is 10.3 Å². The minimum atomic E-state index is -0.0423. The fourth-order valence-corrected chi connectivity index (χ4v) is 3.04. The molecule has 2 aromatic rings. The third-order valence-corrected chi connectivity index (χ3v) is 4.24. The van der Waals surface area contributed by atoms with Crippen LogP contribution in [0.5, 0.6) is 5.75 Å². The smallest absolute Gasteiger partial charge is 0.189 e. The van der Waals surface area contributed by atoms with Gasteiger partial charge in [-0.1, -0.05) is 42.5 Å².